The van der Waals surface area contributed by atoms with Gasteiger partial charge in [0.1, 0.15) is 12.1 Å². The summed E-state index contributed by atoms with van der Waals surface area (Å²) in [7, 11) is 0. The molecular weight excluding hydrogens is 452 g/mol. The van der Waals surface area contributed by atoms with Crippen molar-refractivity contribution in [3.05, 3.63) is 35.6 Å². The van der Waals surface area contributed by atoms with Crippen molar-refractivity contribution in [3.8, 4) is 10.6 Å². The van der Waals surface area contributed by atoms with Crippen molar-refractivity contribution in [3.63, 3.8) is 0 Å². The van der Waals surface area contributed by atoms with Crippen LogP contribution in [0.1, 0.15) is 35.4 Å². The number of nitrogens with one attached hydrogen (secondary N) is 1. The lowest BCUT2D eigenvalue weighted by atomic mass is 9.96. The maximum atomic E-state index is 13.6. The lowest BCUT2D eigenvalue weighted by molar-refractivity contribution is -0.137. The average molecular weight is 477 g/mol. The molecule has 4 heterocycles. The number of nitrogens with zero attached hydrogens (tertiary/aromatic N) is 3. The third-order valence-corrected chi connectivity index (χ3v) is 8.12. The van der Waals surface area contributed by atoms with E-state index in [1.54, 1.807) is 29.6 Å². The number of ether oxygens (including phenoxy) is 1. The zero-order chi connectivity index (χ0) is 22.2. The number of alkyl halides is 1. The Morgan fingerprint density at radius 1 is 1.28 bits per heavy atom. The van der Waals surface area contributed by atoms with Crippen molar-refractivity contribution >= 4 is 34.8 Å². The van der Waals surface area contributed by atoms with Gasteiger partial charge < -0.3 is 20.1 Å². The molecule has 0 spiro atoms. The first-order valence-corrected chi connectivity index (χ1v) is 12.2. The number of halogens is 1. The van der Waals surface area contributed by atoms with E-state index in [9.17, 15) is 14.7 Å². The third-order valence-electron chi connectivity index (χ3n) is 6.63. The number of aliphatic hydroxyl groups excluding tert-OH is 1. The van der Waals surface area contributed by atoms with Crippen molar-refractivity contribution < 1.29 is 19.4 Å². The van der Waals surface area contributed by atoms with E-state index in [0.29, 0.717) is 17.1 Å². The minimum Gasteiger partial charge on any atom is -0.388 e. The second kappa shape index (κ2) is 9.05. The molecule has 5 atom stereocenters. The first-order valence-electron chi connectivity index (χ1n) is 10.9. The first-order chi connectivity index (χ1) is 15.5. The number of fused-ring (bicyclic) bond motifs is 1. The van der Waals surface area contributed by atoms with Gasteiger partial charge in [0, 0.05) is 18.9 Å². The van der Waals surface area contributed by atoms with E-state index in [0.717, 1.165) is 30.6 Å². The highest BCUT2D eigenvalue weighted by Crippen LogP contribution is 2.36. The number of rotatable bonds is 5. The smallest absolute Gasteiger partial charge is 0.262 e. The summed E-state index contributed by atoms with van der Waals surface area (Å²) in [6.07, 6.45) is 7.57. The summed E-state index contributed by atoms with van der Waals surface area (Å²) in [5.41, 5.74) is 0.700. The number of carbonyl (C=O) groups is 2. The van der Waals surface area contributed by atoms with Crippen molar-refractivity contribution in [2.75, 3.05) is 13.2 Å². The standard InChI is InChI=1S/C22H25ClN4O4S/c23-13-10-27(19-15(28)11-31-20(13)19)22(30)18(12-3-1-2-4-12)26-21(29)17-6-5-16(32-17)14-9-24-7-8-25-14/h5-9,12-13,15,18-20,28H,1-4,10-11H2,(H,26,29)/t13-,15-,18-,19+,20+/m0/s1. The first kappa shape index (κ1) is 21.8. The molecule has 3 aliphatic rings. The van der Waals surface area contributed by atoms with E-state index in [4.69, 9.17) is 16.3 Å². The van der Waals surface area contributed by atoms with Crippen LogP contribution in [0.2, 0.25) is 0 Å². The monoisotopic (exact) mass is 476 g/mol. The largest absolute Gasteiger partial charge is 0.388 e. The number of aliphatic hydroxyl groups is 1. The number of hydrogen-bond donors (Lipinski definition) is 2. The number of amides is 2. The number of hydrogen-bond acceptors (Lipinski definition) is 7. The molecule has 2 amide bonds. The quantitative estimate of drug-likeness (QED) is 0.640. The summed E-state index contributed by atoms with van der Waals surface area (Å²) in [5, 5.41) is 13.0. The van der Waals surface area contributed by atoms with Gasteiger partial charge in [-0.15, -0.1) is 22.9 Å². The number of thiophene rings is 1. The fraction of sp³-hybridized carbons (Fsp3) is 0.545. The molecule has 10 heteroatoms. The fourth-order valence-corrected chi connectivity index (χ4v) is 6.31. The van der Waals surface area contributed by atoms with E-state index in [1.807, 2.05) is 6.07 Å². The minimum atomic E-state index is -0.764. The van der Waals surface area contributed by atoms with E-state index in [2.05, 4.69) is 15.3 Å². The van der Waals surface area contributed by atoms with Crippen LogP contribution in [-0.4, -0.2) is 74.6 Å². The van der Waals surface area contributed by atoms with Gasteiger partial charge in [0.05, 0.1) is 45.8 Å². The molecule has 1 aliphatic carbocycles. The molecule has 0 bridgehead atoms. The zero-order valence-electron chi connectivity index (χ0n) is 17.4. The van der Waals surface area contributed by atoms with Crippen LogP contribution in [0.15, 0.2) is 30.7 Å². The Hall–Kier alpha value is -2.07. The maximum Gasteiger partial charge on any atom is 0.262 e. The highest BCUT2D eigenvalue weighted by molar-refractivity contribution is 7.17. The molecular formula is C22H25ClN4O4S. The van der Waals surface area contributed by atoms with Gasteiger partial charge >= 0.3 is 0 Å². The molecule has 2 aromatic rings. The Balaban J connectivity index is 1.35. The van der Waals surface area contributed by atoms with Gasteiger partial charge in [0.15, 0.2) is 0 Å². The van der Waals surface area contributed by atoms with Crippen LogP contribution in [0.25, 0.3) is 10.6 Å². The summed E-state index contributed by atoms with van der Waals surface area (Å²) in [4.78, 5) is 38.1. The van der Waals surface area contributed by atoms with E-state index in [1.165, 1.54) is 11.3 Å². The number of likely N-dealkylation sites (tertiary alicyclic amines) is 1. The third kappa shape index (κ3) is 4.03. The number of carbonyl (C=O) groups excluding carboxylic acids is 2. The Labute approximate surface area is 195 Å². The normalized spacial score (nSPS) is 28.6. The maximum absolute atomic E-state index is 13.6. The highest BCUT2D eigenvalue weighted by Gasteiger charge is 2.53. The van der Waals surface area contributed by atoms with Gasteiger partial charge in [-0.25, -0.2) is 0 Å². The molecule has 2 saturated heterocycles. The molecule has 2 aliphatic heterocycles. The molecule has 2 aromatic heterocycles. The fourth-order valence-electron chi connectivity index (χ4n) is 5.07. The average Bonchev–Trinajstić information content (AvgIpc) is 3.59. The molecule has 0 radical (unpaired) electrons. The molecule has 5 rings (SSSR count). The summed E-state index contributed by atoms with van der Waals surface area (Å²) < 4.78 is 5.61. The van der Waals surface area contributed by atoms with Gasteiger partial charge in [0.25, 0.3) is 5.91 Å². The summed E-state index contributed by atoms with van der Waals surface area (Å²) >= 11 is 7.74. The number of aromatic nitrogens is 2. The van der Waals surface area contributed by atoms with Crippen LogP contribution in [0.5, 0.6) is 0 Å². The Kier molecular flexibility index (Phi) is 6.16. The predicted octanol–water partition coefficient (Wildman–Crippen LogP) is 2.07. The van der Waals surface area contributed by atoms with Crippen molar-refractivity contribution in [1.82, 2.24) is 20.2 Å². The van der Waals surface area contributed by atoms with Crippen LogP contribution in [0.4, 0.5) is 0 Å². The summed E-state index contributed by atoms with van der Waals surface area (Å²) in [6, 6.07) is 2.47. The molecule has 170 valence electrons. The van der Waals surface area contributed by atoms with Gasteiger partial charge in [-0.1, -0.05) is 12.8 Å². The topological polar surface area (TPSA) is 105 Å². The SMILES string of the molecule is O=C(N[C@H](C(=O)N1C[C@H](Cl)[C@H]2OC[C@H](O)[C@H]21)C1CCCC1)c1ccc(-c2cnccn2)s1. The van der Waals surface area contributed by atoms with Crippen LogP contribution in [-0.2, 0) is 9.53 Å². The van der Waals surface area contributed by atoms with Crippen LogP contribution in [0, 0.1) is 5.92 Å². The highest BCUT2D eigenvalue weighted by atomic mass is 35.5. The second-order valence-corrected chi connectivity index (χ2v) is 10.3. The van der Waals surface area contributed by atoms with Gasteiger partial charge in [-0.2, -0.15) is 0 Å². The lowest BCUT2D eigenvalue weighted by Crippen LogP contribution is -2.55. The molecule has 8 nitrogen and oxygen atoms in total. The molecule has 0 unspecified atom stereocenters. The minimum absolute atomic E-state index is 0.0677. The van der Waals surface area contributed by atoms with E-state index in [-0.39, 0.29) is 35.8 Å². The van der Waals surface area contributed by atoms with Gasteiger partial charge in [0.2, 0.25) is 5.91 Å². The van der Waals surface area contributed by atoms with Crippen LogP contribution < -0.4 is 5.32 Å². The molecule has 32 heavy (non-hydrogen) atoms. The van der Waals surface area contributed by atoms with Gasteiger partial charge in [-0.3, -0.25) is 19.6 Å². The Morgan fingerprint density at radius 3 is 2.84 bits per heavy atom. The molecule has 1 saturated carbocycles. The Morgan fingerprint density at radius 2 is 2.09 bits per heavy atom. The Bertz CT molecular complexity index is 983. The summed E-state index contributed by atoms with van der Waals surface area (Å²) in [5.74, 6) is -0.395. The zero-order valence-corrected chi connectivity index (χ0v) is 19.0. The summed E-state index contributed by atoms with van der Waals surface area (Å²) in [6.45, 7) is 0.477. The predicted molar refractivity (Wildman–Crippen MR) is 119 cm³/mol. The molecule has 3 fully saturated rings. The van der Waals surface area contributed by atoms with Crippen molar-refractivity contribution in [2.45, 2.75) is 55.4 Å². The van der Waals surface area contributed by atoms with E-state index < -0.39 is 18.2 Å². The van der Waals surface area contributed by atoms with Crippen molar-refractivity contribution in [1.29, 1.82) is 0 Å². The second-order valence-electron chi connectivity index (χ2n) is 8.61. The molecule has 0 aromatic carbocycles. The van der Waals surface area contributed by atoms with Crippen LogP contribution >= 0.6 is 22.9 Å². The lowest BCUT2D eigenvalue weighted by Gasteiger charge is -2.32. The van der Waals surface area contributed by atoms with Crippen LogP contribution in [0.3, 0.4) is 0 Å². The molecule has 2 N–H and O–H groups in total. The van der Waals surface area contributed by atoms with Gasteiger partial charge in [-0.05, 0) is 30.9 Å². The van der Waals surface area contributed by atoms with E-state index >= 15 is 0 Å². The van der Waals surface area contributed by atoms with Crippen molar-refractivity contribution in [2.24, 2.45) is 5.92 Å².